The lowest BCUT2D eigenvalue weighted by Crippen LogP contribution is -2.51. The van der Waals surface area contributed by atoms with Gasteiger partial charge in [-0.25, -0.2) is 0 Å². The lowest BCUT2D eigenvalue weighted by Gasteiger charge is -2.35. The molecule has 1 aliphatic heterocycles. The van der Waals surface area contributed by atoms with Gasteiger partial charge < -0.3 is 14.1 Å². The van der Waals surface area contributed by atoms with Gasteiger partial charge in [0.25, 0.3) is 5.91 Å². The molecule has 5 heteroatoms. The normalized spacial score (nSPS) is 16.7. The standard InChI is InChI=1S/C20H26N2O3/c1-15-6-4-8-19(16(15)2)25-17(3)20(23)22-11-9-21(10-12-22)14-18-7-5-13-24-18/h4-8,13,17H,9-12,14H2,1-3H3. The van der Waals surface area contributed by atoms with Gasteiger partial charge in [-0.1, -0.05) is 12.1 Å². The fourth-order valence-electron chi connectivity index (χ4n) is 3.10. The molecule has 0 N–H and O–H groups in total. The summed E-state index contributed by atoms with van der Waals surface area (Å²) in [5.74, 6) is 1.81. The van der Waals surface area contributed by atoms with Crippen molar-refractivity contribution in [3.05, 3.63) is 53.5 Å². The molecule has 0 bridgehead atoms. The van der Waals surface area contributed by atoms with E-state index >= 15 is 0 Å². The van der Waals surface area contributed by atoms with Crippen LogP contribution in [0.4, 0.5) is 0 Å². The van der Waals surface area contributed by atoms with Crippen molar-refractivity contribution in [3.63, 3.8) is 0 Å². The van der Waals surface area contributed by atoms with Gasteiger partial charge in [0, 0.05) is 26.2 Å². The number of nitrogens with zero attached hydrogens (tertiary/aromatic N) is 2. The fraction of sp³-hybridized carbons (Fsp3) is 0.450. The quantitative estimate of drug-likeness (QED) is 0.838. The van der Waals surface area contributed by atoms with Crippen LogP contribution < -0.4 is 4.74 Å². The zero-order chi connectivity index (χ0) is 17.8. The van der Waals surface area contributed by atoms with E-state index in [0.29, 0.717) is 0 Å². The van der Waals surface area contributed by atoms with E-state index in [1.807, 2.05) is 56.0 Å². The Hall–Kier alpha value is -2.27. The molecule has 0 spiro atoms. The van der Waals surface area contributed by atoms with E-state index in [0.717, 1.165) is 49.8 Å². The summed E-state index contributed by atoms with van der Waals surface area (Å²) in [7, 11) is 0. The Morgan fingerprint density at radius 3 is 2.60 bits per heavy atom. The minimum absolute atomic E-state index is 0.0542. The molecule has 1 aliphatic rings. The SMILES string of the molecule is Cc1cccc(OC(C)C(=O)N2CCN(Cc3ccco3)CC2)c1C. The number of piperazine rings is 1. The topological polar surface area (TPSA) is 45.9 Å². The van der Waals surface area contributed by atoms with E-state index in [4.69, 9.17) is 9.15 Å². The van der Waals surface area contributed by atoms with Crippen LogP contribution in [0.15, 0.2) is 41.0 Å². The number of hydrogen-bond acceptors (Lipinski definition) is 4. The highest BCUT2D eigenvalue weighted by Crippen LogP contribution is 2.22. The zero-order valence-electron chi connectivity index (χ0n) is 15.2. The number of hydrogen-bond donors (Lipinski definition) is 0. The molecular formula is C20H26N2O3. The molecule has 1 atom stereocenters. The van der Waals surface area contributed by atoms with Gasteiger partial charge in [-0.05, 0) is 50.1 Å². The lowest BCUT2D eigenvalue weighted by atomic mass is 10.1. The summed E-state index contributed by atoms with van der Waals surface area (Å²) in [6.07, 6.45) is 1.22. The third-order valence-electron chi connectivity index (χ3n) is 4.85. The highest BCUT2D eigenvalue weighted by molar-refractivity contribution is 5.81. The number of furan rings is 1. The molecule has 1 unspecified atom stereocenters. The third-order valence-corrected chi connectivity index (χ3v) is 4.85. The predicted octanol–water partition coefficient (Wildman–Crippen LogP) is 3.01. The average Bonchev–Trinajstić information content (AvgIpc) is 3.12. The molecule has 25 heavy (non-hydrogen) atoms. The lowest BCUT2D eigenvalue weighted by molar-refractivity contribution is -0.139. The van der Waals surface area contributed by atoms with Crippen LogP contribution in [-0.2, 0) is 11.3 Å². The van der Waals surface area contributed by atoms with Crippen LogP contribution in [0, 0.1) is 13.8 Å². The van der Waals surface area contributed by atoms with Crippen molar-refractivity contribution in [2.24, 2.45) is 0 Å². The third kappa shape index (κ3) is 4.23. The molecule has 1 aromatic carbocycles. The molecular weight excluding hydrogens is 316 g/mol. The average molecular weight is 342 g/mol. The monoisotopic (exact) mass is 342 g/mol. The van der Waals surface area contributed by atoms with Gasteiger partial charge in [0.15, 0.2) is 6.10 Å². The maximum Gasteiger partial charge on any atom is 0.263 e. The summed E-state index contributed by atoms with van der Waals surface area (Å²) in [6, 6.07) is 9.82. The van der Waals surface area contributed by atoms with Crippen molar-refractivity contribution in [3.8, 4) is 5.75 Å². The number of amides is 1. The van der Waals surface area contributed by atoms with Gasteiger partial charge >= 0.3 is 0 Å². The predicted molar refractivity (Wildman–Crippen MR) is 96.6 cm³/mol. The molecule has 0 radical (unpaired) electrons. The maximum absolute atomic E-state index is 12.7. The van der Waals surface area contributed by atoms with Gasteiger partial charge in [0.2, 0.25) is 0 Å². The Bertz CT molecular complexity index is 704. The summed E-state index contributed by atoms with van der Waals surface area (Å²) in [5, 5.41) is 0. The molecule has 2 heterocycles. The van der Waals surface area contributed by atoms with Crippen LogP contribution in [0.1, 0.15) is 23.8 Å². The summed E-state index contributed by atoms with van der Waals surface area (Å²) in [5.41, 5.74) is 2.26. The van der Waals surface area contributed by atoms with Gasteiger partial charge in [-0.15, -0.1) is 0 Å². The molecule has 2 aromatic rings. The molecule has 1 aromatic heterocycles. The van der Waals surface area contributed by atoms with Crippen molar-refractivity contribution in [1.29, 1.82) is 0 Å². The zero-order valence-corrected chi connectivity index (χ0v) is 15.2. The highest BCUT2D eigenvalue weighted by Gasteiger charge is 2.26. The summed E-state index contributed by atoms with van der Waals surface area (Å²) >= 11 is 0. The van der Waals surface area contributed by atoms with Crippen molar-refractivity contribution in [2.45, 2.75) is 33.4 Å². The Morgan fingerprint density at radius 1 is 1.16 bits per heavy atom. The van der Waals surface area contributed by atoms with E-state index < -0.39 is 6.10 Å². The van der Waals surface area contributed by atoms with E-state index in [9.17, 15) is 4.79 Å². The molecule has 0 saturated carbocycles. The molecule has 134 valence electrons. The van der Waals surface area contributed by atoms with Crippen molar-refractivity contribution in [1.82, 2.24) is 9.80 Å². The van der Waals surface area contributed by atoms with E-state index in [1.54, 1.807) is 6.26 Å². The van der Waals surface area contributed by atoms with Gasteiger partial charge in [-0.2, -0.15) is 0 Å². The first-order chi connectivity index (χ1) is 12.0. The fourth-order valence-corrected chi connectivity index (χ4v) is 3.10. The number of benzene rings is 1. The second-order valence-corrected chi connectivity index (χ2v) is 6.64. The maximum atomic E-state index is 12.7. The van der Waals surface area contributed by atoms with Crippen LogP contribution in [0.3, 0.4) is 0 Å². The second-order valence-electron chi connectivity index (χ2n) is 6.64. The Balaban J connectivity index is 1.52. The smallest absolute Gasteiger partial charge is 0.263 e. The van der Waals surface area contributed by atoms with Crippen LogP contribution in [0.2, 0.25) is 0 Å². The van der Waals surface area contributed by atoms with Crippen LogP contribution in [0.25, 0.3) is 0 Å². The van der Waals surface area contributed by atoms with Crippen LogP contribution in [0.5, 0.6) is 5.75 Å². The molecule has 1 amide bonds. The molecule has 1 saturated heterocycles. The Morgan fingerprint density at radius 2 is 1.92 bits per heavy atom. The Labute approximate surface area is 149 Å². The minimum Gasteiger partial charge on any atom is -0.481 e. The molecule has 1 fully saturated rings. The van der Waals surface area contributed by atoms with E-state index in [2.05, 4.69) is 4.90 Å². The first-order valence-electron chi connectivity index (χ1n) is 8.81. The first-order valence-corrected chi connectivity index (χ1v) is 8.81. The van der Waals surface area contributed by atoms with Gasteiger partial charge in [0.1, 0.15) is 11.5 Å². The largest absolute Gasteiger partial charge is 0.481 e. The summed E-state index contributed by atoms with van der Waals surface area (Å²) in [6.45, 7) is 9.84. The number of ether oxygens (including phenoxy) is 1. The molecule has 5 nitrogen and oxygen atoms in total. The van der Waals surface area contributed by atoms with Gasteiger partial charge in [0.05, 0.1) is 12.8 Å². The van der Waals surface area contributed by atoms with Crippen molar-refractivity contribution < 1.29 is 13.9 Å². The van der Waals surface area contributed by atoms with Crippen LogP contribution >= 0.6 is 0 Å². The first kappa shape index (κ1) is 17.5. The molecule has 3 rings (SSSR count). The van der Waals surface area contributed by atoms with Crippen LogP contribution in [-0.4, -0.2) is 48.0 Å². The number of carbonyl (C=O) groups is 1. The Kier molecular flexibility index (Phi) is 5.43. The summed E-state index contributed by atoms with van der Waals surface area (Å²) in [4.78, 5) is 16.9. The van der Waals surface area contributed by atoms with E-state index in [-0.39, 0.29) is 5.91 Å². The number of rotatable bonds is 5. The van der Waals surface area contributed by atoms with E-state index in [1.165, 1.54) is 5.56 Å². The number of aryl methyl sites for hydroxylation is 1. The van der Waals surface area contributed by atoms with Crippen molar-refractivity contribution >= 4 is 5.91 Å². The highest BCUT2D eigenvalue weighted by atomic mass is 16.5. The summed E-state index contributed by atoms with van der Waals surface area (Å²) < 4.78 is 11.3. The van der Waals surface area contributed by atoms with Crippen molar-refractivity contribution in [2.75, 3.05) is 26.2 Å². The second kappa shape index (κ2) is 7.74. The molecule has 0 aliphatic carbocycles. The minimum atomic E-state index is -0.475. The van der Waals surface area contributed by atoms with Gasteiger partial charge in [-0.3, -0.25) is 9.69 Å². The number of carbonyl (C=O) groups excluding carboxylic acids is 1.